The van der Waals surface area contributed by atoms with Crippen LogP contribution in [0.15, 0.2) is 199 Å². The summed E-state index contributed by atoms with van der Waals surface area (Å²) in [4.78, 5) is 10.7. The van der Waals surface area contributed by atoms with Gasteiger partial charge in [-0.3, -0.25) is 0 Å². The topological polar surface area (TPSA) is 38.9 Å². The van der Waals surface area contributed by atoms with Crippen LogP contribution in [0, 0.1) is 0 Å². The van der Waals surface area contributed by atoms with Crippen molar-refractivity contribution < 1.29 is 4.42 Å². The second-order valence-corrected chi connectivity index (χ2v) is 14.1. The SMILES string of the molecule is c1ccc(-c2ccc(-c3cc(-c4cccc5c4oc4ccccc45)nc(-c4ccc(-c5cc6ccccc6c6ccccc56)c5ccccc45)n3)cc2)cc1. The molecule has 2 aromatic heterocycles. The van der Waals surface area contributed by atoms with Gasteiger partial charge in [0.05, 0.1) is 11.4 Å². The number of fused-ring (bicyclic) bond motifs is 7. The van der Waals surface area contributed by atoms with Crippen molar-refractivity contribution >= 4 is 54.3 Å². The molecular weight excluding hydrogens is 669 g/mol. The van der Waals surface area contributed by atoms with Crippen LogP contribution in [-0.4, -0.2) is 9.97 Å². The summed E-state index contributed by atoms with van der Waals surface area (Å²) in [7, 11) is 0. The van der Waals surface area contributed by atoms with Gasteiger partial charge in [-0.25, -0.2) is 9.97 Å². The summed E-state index contributed by atoms with van der Waals surface area (Å²) in [5.41, 5.74) is 11.0. The first-order chi connectivity index (χ1) is 27.3. The lowest BCUT2D eigenvalue weighted by Gasteiger charge is -2.16. The molecule has 11 rings (SSSR count). The lowest BCUT2D eigenvalue weighted by Crippen LogP contribution is -1.97. The highest BCUT2D eigenvalue weighted by Crippen LogP contribution is 2.42. The Labute approximate surface area is 317 Å². The van der Waals surface area contributed by atoms with Gasteiger partial charge in [0.25, 0.3) is 0 Å². The Morgan fingerprint density at radius 3 is 1.67 bits per heavy atom. The predicted molar refractivity (Wildman–Crippen MR) is 229 cm³/mol. The zero-order valence-electron chi connectivity index (χ0n) is 29.8. The molecule has 0 aliphatic rings. The number of para-hydroxylation sites is 2. The maximum atomic E-state index is 6.53. The van der Waals surface area contributed by atoms with Crippen LogP contribution < -0.4 is 0 Å². The molecule has 55 heavy (non-hydrogen) atoms. The van der Waals surface area contributed by atoms with Crippen molar-refractivity contribution in [2.45, 2.75) is 0 Å². The average Bonchev–Trinajstić information content (AvgIpc) is 3.65. The lowest BCUT2D eigenvalue weighted by atomic mass is 9.89. The number of hydrogen-bond donors (Lipinski definition) is 0. The van der Waals surface area contributed by atoms with E-state index in [1.807, 2.05) is 18.2 Å². The van der Waals surface area contributed by atoms with Crippen molar-refractivity contribution in [3.05, 3.63) is 194 Å². The van der Waals surface area contributed by atoms with Crippen LogP contribution in [0.1, 0.15) is 0 Å². The quantitative estimate of drug-likeness (QED) is 0.168. The van der Waals surface area contributed by atoms with E-state index < -0.39 is 0 Å². The van der Waals surface area contributed by atoms with Gasteiger partial charge in [0.1, 0.15) is 11.2 Å². The standard InChI is InChI=1S/C52H32N2O/c1-2-13-33(14-3-1)34-25-27-35(28-26-34)48-32-49(46-23-12-22-44-43-21-10-11-24-50(43)55-51(44)46)54-52(53-48)45-30-29-42(39-18-7-8-19-40(39)45)47-31-36-15-4-5-16-37(36)38-17-6-9-20-41(38)47/h1-32H. The number of benzene rings is 9. The molecule has 9 aromatic carbocycles. The van der Waals surface area contributed by atoms with Gasteiger partial charge in [-0.1, -0.05) is 164 Å². The van der Waals surface area contributed by atoms with Crippen LogP contribution in [-0.2, 0) is 0 Å². The van der Waals surface area contributed by atoms with Crippen molar-refractivity contribution in [1.29, 1.82) is 0 Å². The van der Waals surface area contributed by atoms with Gasteiger partial charge in [0.2, 0.25) is 0 Å². The molecule has 0 amide bonds. The maximum Gasteiger partial charge on any atom is 0.161 e. The zero-order valence-corrected chi connectivity index (χ0v) is 29.8. The fraction of sp³-hybridized carbons (Fsp3) is 0. The monoisotopic (exact) mass is 700 g/mol. The molecule has 3 heteroatoms. The van der Waals surface area contributed by atoms with E-state index in [0.717, 1.165) is 66.4 Å². The van der Waals surface area contributed by atoms with Crippen molar-refractivity contribution in [2.75, 3.05) is 0 Å². The second-order valence-electron chi connectivity index (χ2n) is 14.1. The van der Waals surface area contributed by atoms with Crippen molar-refractivity contribution in [3.8, 4) is 56.2 Å². The first kappa shape index (κ1) is 31.2. The molecule has 256 valence electrons. The summed E-state index contributed by atoms with van der Waals surface area (Å²) in [5, 5.41) is 9.39. The van der Waals surface area contributed by atoms with E-state index in [4.69, 9.17) is 14.4 Å². The van der Waals surface area contributed by atoms with Crippen LogP contribution in [0.4, 0.5) is 0 Å². The number of furan rings is 1. The van der Waals surface area contributed by atoms with Gasteiger partial charge in [-0.15, -0.1) is 0 Å². The zero-order chi connectivity index (χ0) is 36.3. The highest BCUT2D eigenvalue weighted by Gasteiger charge is 2.19. The van der Waals surface area contributed by atoms with Gasteiger partial charge < -0.3 is 4.42 Å². The number of rotatable bonds is 5. The fourth-order valence-electron chi connectivity index (χ4n) is 8.27. The number of aromatic nitrogens is 2. The predicted octanol–water partition coefficient (Wildman–Crippen LogP) is 14.2. The molecule has 2 heterocycles. The molecule has 11 aromatic rings. The van der Waals surface area contributed by atoms with Gasteiger partial charge in [0.15, 0.2) is 5.82 Å². The van der Waals surface area contributed by atoms with E-state index >= 15 is 0 Å². The first-order valence-electron chi connectivity index (χ1n) is 18.7. The van der Waals surface area contributed by atoms with Crippen LogP contribution >= 0.6 is 0 Å². The highest BCUT2D eigenvalue weighted by molar-refractivity contribution is 6.17. The summed E-state index contributed by atoms with van der Waals surface area (Å²) in [5.74, 6) is 0.666. The molecule has 0 saturated carbocycles. The third-order valence-electron chi connectivity index (χ3n) is 10.9. The Bertz CT molecular complexity index is 3250. The smallest absolute Gasteiger partial charge is 0.161 e. The maximum absolute atomic E-state index is 6.53. The molecule has 0 aliphatic heterocycles. The van der Waals surface area contributed by atoms with Crippen LogP contribution in [0.2, 0.25) is 0 Å². The molecule has 0 aliphatic carbocycles. The number of hydrogen-bond acceptors (Lipinski definition) is 3. The summed E-state index contributed by atoms with van der Waals surface area (Å²) >= 11 is 0. The molecule has 0 spiro atoms. The van der Waals surface area contributed by atoms with Crippen molar-refractivity contribution in [2.24, 2.45) is 0 Å². The largest absolute Gasteiger partial charge is 0.455 e. The molecule has 0 unspecified atom stereocenters. The van der Waals surface area contributed by atoms with E-state index in [2.05, 4.69) is 176 Å². The minimum absolute atomic E-state index is 0.666. The van der Waals surface area contributed by atoms with Crippen molar-refractivity contribution in [3.63, 3.8) is 0 Å². The van der Waals surface area contributed by atoms with Gasteiger partial charge in [-0.05, 0) is 84.9 Å². The van der Waals surface area contributed by atoms with E-state index in [9.17, 15) is 0 Å². The highest BCUT2D eigenvalue weighted by atomic mass is 16.3. The van der Waals surface area contributed by atoms with Crippen LogP contribution in [0.3, 0.4) is 0 Å². The fourth-order valence-corrected chi connectivity index (χ4v) is 8.27. The average molecular weight is 701 g/mol. The Balaban J connectivity index is 1.13. The lowest BCUT2D eigenvalue weighted by molar-refractivity contribution is 0.670. The minimum Gasteiger partial charge on any atom is -0.455 e. The Hall–Kier alpha value is -7.36. The van der Waals surface area contributed by atoms with Gasteiger partial charge in [-0.2, -0.15) is 0 Å². The Morgan fingerprint density at radius 1 is 0.309 bits per heavy atom. The molecule has 0 saturated heterocycles. The Morgan fingerprint density at radius 2 is 0.873 bits per heavy atom. The molecule has 0 atom stereocenters. The molecular formula is C52H32N2O. The van der Waals surface area contributed by atoms with Gasteiger partial charge >= 0.3 is 0 Å². The van der Waals surface area contributed by atoms with Crippen molar-refractivity contribution in [1.82, 2.24) is 9.97 Å². The van der Waals surface area contributed by atoms with E-state index in [1.165, 1.54) is 38.2 Å². The summed E-state index contributed by atoms with van der Waals surface area (Å²) in [6.07, 6.45) is 0. The summed E-state index contributed by atoms with van der Waals surface area (Å²) in [6, 6.07) is 68.6. The number of nitrogens with zero attached hydrogens (tertiary/aromatic N) is 2. The third kappa shape index (κ3) is 5.20. The summed E-state index contributed by atoms with van der Waals surface area (Å²) < 4.78 is 6.53. The molecule has 0 bridgehead atoms. The van der Waals surface area contributed by atoms with Crippen LogP contribution in [0.25, 0.3) is 110 Å². The minimum atomic E-state index is 0.666. The Kier molecular flexibility index (Phi) is 7.17. The molecule has 3 nitrogen and oxygen atoms in total. The van der Waals surface area contributed by atoms with Crippen LogP contribution in [0.5, 0.6) is 0 Å². The molecule has 0 N–H and O–H groups in total. The second kappa shape index (κ2) is 12.6. The molecule has 0 radical (unpaired) electrons. The normalized spacial score (nSPS) is 11.6. The molecule has 0 fully saturated rings. The van der Waals surface area contributed by atoms with E-state index in [-0.39, 0.29) is 0 Å². The first-order valence-corrected chi connectivity index (χ1v) is 18.7. The summed E-state index contributed by atoms with van der Waals surface area (Å²) in [6.45, 7) is 0. The third-order valence-corrected chi connectivity index (χ3v) is 10.9. The van der Waals surface area contributed by atoms with Gasteiger partial charge in [0, 0.05) is 27.5 Å². The van der Waals surface area contributed by atoms with E-state index in [1.54, 1.807) is 0 Å². The van der Waals surface area contributed by atoms with E-state index in [0.29, 0.717) is 5.82 Å².